The van der Waals surface area contributed by atoms with Crippen molar-refractivity contribution < 1.29 is 23.9 Å². The zero-order valence-corrected chi connectivity index (χ0v) is 28.7. The van der Waals surface area contributed by atoms with Gasteiger partial charge >= 0.3 is 0 Å². The molecule has 46 heavy (non-hydrogen) atoms. The number of carbonyl (C=O) groups excluding carboxylic acids is 4. The number of hydrogen-bond acceptors (Lipinski definition) is 5. The molecule has 2 aromatic carbocycles. The molecule has 1 heterocycles. The molecule has 0 bridgehead atoms. The van der Waals surface area contributed by atoms with Crippen LogP contribution >= 0.6 is 0 Å². The Morgan fingerprint density at radius 2 is 1.61 bits per heavy atom. The molecule has 0 aliphatic carbocycles. The highest BCUT2D eigenvalue weighted by atomic mass is 16.5. The Labute approximate surface area is 275 Å². The van der Waals surface area contributed by atoms with E-state index in [0.29, 0.717) is 50.1 Å². The van der Waals surface area contributed by atoms with E-state index in [1.807, 2.05) is 50.2 Å². The molecule has 0 aromatic heterocycles. The van der Waals surface area contributed by atoms with Crippen molar-refractivity contribution in [3.8, 4) is 5.75 Å². The molecule has 0 saturated carbocycles. The molecule has 2 aromatic rings. The minimum Gasteiger partial charge on any atom is -0.493 e. The van der Waals surface area contributed by atoms with Crippen LogP contribution in [0.3, 0.4) is 0 Å². The van der Waals surface area contributed by atoms with Crippen molar-refractivity contribution in [2.75, 3.05) is 34.3 Å². The third-order valence-electron chi connectivity index (χ3n) is 8.58. The third-order valence-corrected chi connectivity index (χ3v) is 8.58. The molecule has 252 valence electrons. The summed E-state index contributed by atoms with van der Waals surface area (Å²) < 4.78 is 6.00. The average molecular weight is 635 g/mol. The molecule has 1 aliphatic rings. The van der Waals surface area contributed by atoms with Crippen LogP contribution in [0, 0.1) is 5.92 Å². The van der Waals surface area contributed by atoms with Crippen LogP contribution < -0.4 is 10.1 Å². The van der Waals surface area contributed by atoms with Gasteiger partial charge in [0.1, 0.15) is 23.9 Å². The molecule has 3 rings (SSSR count). The minimum absolute atomic E-state index is 0.122. The summed E-state index contributed by atoms with van der Waals surface area (Å²) in [5.74, 6) is -0.483. The topological polar surface area (TPSA) is 99.3 Å². The lowest BCUT2D eigenvalue weighted by atomic mass is 10.0. The van der Waals surface area contributed by atoms with Crippen molar-refractivity contribution in [3.63, 3.8) is 0 Å². The van der Waals surface area contributed by atoms with Crippen LogP contribution in [-0.4, -0.2) is 90.7 Å². The zero-order valence-electron chi connectivity index (χ0n) is 28.7. The number of ether oxygens (including phenoxy) is 1. The normalized spacial score (nSPS) is 15.7. The molecule has 1 N–H and O–H groups in total. The molecule has 0 radical (unpaired) electrons. The third kappa shape index (κ3) is 10.3. The number of amides is 4. The summed E-state index contributed by atoms with van der Waals surface area (Å²) in [5.41, 5.74) is 1.33. The van der Waals surface area contributed by atoms with Gasteiger partial charge in [0.05, 0.1) is 12.2 Å². The van der Waals surface area contributed by atoms with Gasteiger partial charge in [-0.05, 0) is 49.3 Å². The van der Waals surface area contributed by atoms with Crippen molar-refractivity contribution in [1.82, 2.24) is 20.0 Å². The van der Waals surface area contributed by atoms with Crippen LogP contribution in [0.4, 0.5) is 0 Å². The zero-order chi connectivity index (χ0) is 33.6. The smallest absolute Gasteiger partial charge is 0.255 e. The second-order valence-electron chi connectivity index (χ2n) is 13.0. The predicted octanol–water partition coefficient (Wildman–Crippen LogP) is 5.33. The lowest BCUT2D eigenvalue weighted by Crippen LogP contribution is -2.57. The van der Waals surface area contributed by atoms with Crippen LogP contribution in [0.2, 0.25) is 0 Å². The van der Waals surface area contributed by atoms with E-state index in [0.717, 1.165) is 24.8 Å². The monoisotopic (exact) mass is 634 g/mol. The van der Waals surface area contributed by atoms with Gasteiger partial charge in [0.25, 0.3) is 5.91 Å². The first kappa shape index (κ1) is 36.6. The van der Waals surface area contributed by atoms with Crippen molar-refractivity contribution >= 4 is 23.6 Å². The molecular weight excluding hydrogens is 580 g/mol. The number of benzene rings is 2. The summed E-state index contributed by atoms with van der Waals surface area (Å²) in [7, 11) is 5.01. The van der Waals surface area contributed by atoms with Gasteiger partial charge in [0.2, 0.25) is 17.7 Å². The number of rotatable bonds is 17. The van der Waals surface area contributed by atoms with Gasteiger partial charge in [0.15, 0.2) is 0 Å². The summed E-state index contributed by atoms with van der Waals surface area (Å²) in [6.45, 7) is 7.12. The maximum Gasteiger partial charge on any atom is 0.255 e. The van der Waals surface area contributed by atoms with Crippen molar-refractivity contribution in [2.24, 2.45) is 5.92 Å². The molecule has 0 spiro atoms. The van der Waals surface area contributed by atoms with Gasteiger partial charge in [-0.15, -0.1) is 0 Å². The van der Waals surface area contributed by atoms with Gasteiger partial charge in [-0.1, -0.05) is 88.9 Å². The van der Waals surface area contributed by atoms with Gasteiger partial charge in [-0.25, -0.2) is 0 Å². The SMILES string of the molecule is CCCCCCCOc1ccccc1C(=O)N[C@H](CC(C)C)C(=O)N1CCC[C@@H]1C(=O)N(C)[C@@H](Cc1ccccc1)C(=O)N(C)C. The maximum atomic E-state index is 14.1. The number of para-hydroxylation sites is 1. The van der Waals surface area contributed by atoms with Crippen LogP contribution in [-0.2, 0) is 20.8 Å². The van der Waals surface area contributed by atoms with Crippen LogP contribution in [0.5, 0.6) is 5.75 Å². The lowest BCUT2D eigenvalue weighted by molar-refractivity contribution is -0.149. The molecule has 1 saturated heterocycles. The quantitative estimate of drug-likeness (QED) is 0.237. The Kier molecular flexibility index (Phi) is 14.6. The largest absolute Gasteiger partial charge is 0.493 e. The Morgan fingerprint density at radius 1 is 0.935 bits per heavy atom. The molecule has 3 atom stereocenters. The van der Waals surface area contributed by atoms with E-state index in [9.17, 15) is 19.2 Å². The number of hydrogen-bond donors (Lipinski definition) is 1. The summed E-state index contributed by atoms with van der Waals surface area (Å²) in [4.78, 5) is 59.5. The van der Waals surface area contributed by atoms with Crippen molar-refractivity contribution in [2.45, 2.75) is 96.7 Å². The fourth-order valence-electron chi connectivity index (χ4n) is 6.00. The second-order valence-corrected chi connectivity index (χ2v) is 13.0. The molecule has 0 unspecified atom stereocenters. The van der Waals surface area contributed by atoms with Crippen molar-refractivity contribution in [1.29, 1.82) is 0 Å². The van der Waals surface area contributed by atoms with E-state index < -0.39 is 18.1 Å². The Balaban J connectivity index is 1.75. The summed E-state index contributed by atoms with van der Waals surface area (Å²) >= 11 is 0. The fourth-order valence-corrected chi connectivity index (χ4v) is 6.00. The second kappa shape index (κ2) is 18.3. The molecule has 1 fully saturated rings. The summed E-state index contributed by atoms with van der Waals surface area (Å²) in [6.07, 6.45) is 7.49. The van der Waals surface area contributed by atoms with E-state index in [4.69, 9.17) is 4.74 Å². The van der Waals surface area contributed by atoms with Gasteiger partial charge in [0, 0.05) is 34.1 Å². The van der Waals surface area contributed by atoms with Crippen LogP contribution in [0.25, 0.3) is 0 Å². The minimum atomic E-state index is -0.808. The van der Waals surface area contributed by atoms with Gasteiger partial charge in [-0.2, -0.15) is 0 Å². The number of unbranched alkanes of at least 4 members (excludes halogenated alkanes) is 4. The van der Waals surface area contributed by atoms with E-state index in [-0.39, 0.29) is 29.5 Å². The van der Waals surface area contributed by atoms with Crippen LogP contribution in [0.1, 0.15) is 88.1 Å². The average Bonchev–Trinajstić information content (AvgIpc) is 3.54. The van der Waals surface area contributed by atoms with E-state index >= 15 is 0 Å². The first-order valence-corrected chi connectivity index (χ1v) is 16.9. The molecule has 9 nitrogen and oxygen atoms in total. The Hall–Kier alpha value is -3.88. The summed E-state index contributed by atoms with van der Waals surface area (Å²) in [6, 6.07) is 14.5. The van der Waals surface area contributed by atoms with Gasteiger partial charge < -0.3 is 24.8 Å². The first-order valence-electron chi connectivity index (χ1n) is 16.9. The highest BCUT2D eigenvalue weighted by Gasteiger charge is 2.41. The molecular formula is C37H54N4O5. The Bertz CT molecular complexity index is 1280. The molecule has 9 heteroatoms. The predicted molar refractivity (Wildman–Crippen MR) is 182 cm³/mol. The number of nitrogens with one attached hydrogen (secondary N) is 1. The molecule has 4 amide bonds. The maximum absolute atomic E-state index is 14.1. The molecule has 1 aliphatic heterocycles. The fraction of sp³-hybridized carbons (Fsp3) is 0.568. The standard InChI is InChI=1S/C37H54N4O5/c1-7-8-9-10-16-24-46-33-22-15-14-20-29(33)34(42)38-30(25-27(2)3)35(43)41-23-17-21-31(41)37(45)40(6)32(36(44)39(4)5)26-28-18-12-11-13-19-28/h11-15,18-20,22,27,30-32H,7-10,16-17,21,23-26H2,1-6H3,(H,38,42)/t30-,31-,32+/m1/s1. The van der Waals surface area contributed by atoms with Crippen LogP contribution in [0.15, 0.2) is 54.6 Å². The number of nitrogens with zero attached hydrogens (tertiary/aromatic N) is 3. The highest BCUT2D eigenvalue weighted by molar-refractivity contribution is 6.00. The van der Waals surface area contributed by atoms with E-state index in [1.165, 1.54) is 22.6 Å². The Morgan fingerprint density at radius 3 is 2.28 bits per heavy atom. The highest BCUT2D eigenvalue weighted by Crippen LogP contribution is 2.25. The summed E-state index contributed by atoms with van der Waals surface area (Å²) in [5, 5.41) is 2.98. The number of carbonyl (C=O) groups is 4. The van der Waals surface area contributed by atoms with E-state index in [1.54, 1.807) is 44.2 Å². The number of likely N-dealkylation sites (tertiary alicyclic amines) is 1. The number of likely N-dealkylation sites (N-methyl/N-ethyl adjacent to an activating group) is 2. The van der Waals surface area contributed by atoms with Crippen molar-refractivity contribution in [3.05, 3.63) is 65.7 Å². The lowest BCUT2D eigenvalue weighted by Gasteiger charge is -2.35. The van der Waals surface area contributed by atoms with Gasteiger partial charge in [-0.3, -0.25) is 19.2 Å². The van der Waals surface area contributed by atoms with E-state index in [2.05, 4.69) is 12.2 Å². The first-order chi connectivity index (χ1) is 22.0.